The molecule has 53 heavy (non-hydrogen) atoms. The maximum atomic E-state index is 13.8. The van der Waals surface area contributed by atoms with E-state index in [1.54, 1.807) is 0 Å². The number of carbonyl (C=O) groups excluding carboxylic acids is 1. The highest BCUT2D eigenvalue weighted by Gasteiger charge is 2.55. The van der Waals surface area contributed by atoms with E-state index in [1.807, 2.05) is 48.5 Å². The highest BCUT2D eigenvalue weighted by Crippen LogP contribution is 2.43. The number of rotatable bonds is 13. The van der Waals surface area contributed by atoms with Crippen LogP contribution in [0.2, 0.25) is 5.04 Å². The van der Waals surface area contributed by atoms with Gasteiger partial charge < -0.3 is 28.1 Å². The Morgan fingerprint density at radius 1 is 0.698 bits per heavy atom. The Kier molecular flexibility index (Phi) is 11.8. The quantitative estimate of drug-likeness (QED) is 0.106. The second kappa shape index (κ2) is 16.5. The molecule has 280 valence electrons. The summed E-state index contributed by atoms with van der Waals surface area (Å²) in [6.45, 7) is 10.6. The lowest BCUT2D eigenvalue weighted by atomic mass is 9.81. The Labute approximate surface area is 316 Å². The van der Waals surface area contributed by atoms with Crippen molar-refractivity contribution in [1.82, 2.24) is 0 Å². The van der Waals surface area contributed by atoms with E-state index >= 15 is 0 Å². The van der Waals surface area contributed by atoms with Gasteiger partial charge in [-0.15, -0.1) is 0 Å². The number of hydrogen-bond donors (Lipinski definition) is 0. The first-order chi connectivity index (χ1) is 25.6. The zero-order chi connectivity index (χ0) is 36.9. The number of fused-ring (bicyclic) bond motifs is 2. The van der Waals surface area contributed by atoms with E-state index in [9.17, 15) is 4.79 Å². The minimum atomic E-state index is -2.85. The Balaban J connectivity index is 1.05. The highest BCUT2D eigenvalue weighted by atomic mass is 28.4. The summed E-state index contributed by atoms with van der Waals surface area (Å²) < 4.78 is 40.3. The van der Waals surface area contributed by atoms with E-state index in [0.29, 0.717) is 45.5 Å². The third-order valence-corrected chi connectivity index (χ3v) is 16.3. The Morgan fingerprint density at radius 2 is 1.25 bits per heavy atom. The molecule has 3 aliphatic rings. The van der Waals surface area contributed by atoms with Gasteiger partial charge in [-0.2, -0.15) is 0 Å². The molecule has 4 aromatic rings. The molecule has 0 amide bonds. The van der Waals surface area contributed by atoms with Crippen molar-refractivity contribution < 1.29 is 32.9 Å². The standard InChI is InChI=1S/C45H54O7Si/c1-44(2,3)53(35-21-13-7-14-22-35,36-23-15-8-16-24-36)49-32-42-37(46)27-38-39(51-42)28-41-40(50-38)29-43(48-31-34-19-11-6-12-20-34)45(4,52-41)25-26-47-30-33-17-9-5-10-18-33/h5-24,38-43H,25-32H2,1-4H3/t38-,39+,40+,41-,42-,43-,45+/m0/s1. The molecule has 4 aromatic carbocycles. The fourth-order valence-electron chi connectivity index (χ4n) is 8.45. The largest absolute Gasteiger partial charge is 0.404 e. The summed E-state index contributed by atoms with van der Waals surface area (Å²) in [5.74, 6) is 0.0247. The lowest BCUT2D eigenvalue weighted by Crippen LogP contribution is -2.68. The molecular weight excluding hydrogens is 681 g/mol. The normalized spacial score (nSPS) is 27.5. The van der Waals surface area contributed by atoms with E-state index in [1.165, 1.54) is 10.4 Å². The van der Waals surface area contributed by atoms with Crippen LogP contribution in [0.1, 0.15) is 64.5 Å². The van der Waals surface area contributed by atoms with Crippen molar-refractivity contribution in [2.24, 2.45) is 0 Å². The molecule has 8 heteroatoms. The molecule has 0 saturated carbocycles. The molecule has 0 bridgehead atoms. The molecule has 7 atom stereocenters. The Bertz CT molecular complexity index is 1710. The van der Waals surface area contributed by atoms with Crippen molar-refractivity contribution in [3.8, 4) is 0 Å². The predicted molar refractivity (Wildman–Crippen MR) is 209 cm³/mol. The van der Waals surface area contributed by atoms with Gasteiger partial charge in [-0.1, -0.05) is 142 Å². The first kappa shape index (κ1) is 37.8. The maximum absolute atomic E-state index is 13.8. The van der Waals surface area contributed by atoms with Crippen LogP contribution < -0.4 is 10.4 Å². The summed E-state index contributed by atoms with van der Waals surface area (Å²) in [6, 6.07) is 41.5. The van der Waals surface area contributed by atoms with Crippen LogP contribution in [0.4, 0.5) is 0 Å². The van der Waals surface area contributed by atoms with Crippen LogP contribution in [0, 0.1) is 0 Å². The van der Waals surface area contributed by atoms with Crippen LogP contribution in [0.15, 0.2) is 121 Å². The summed E-state index contributed by atoms with van der Waals surface area (Å²) in [4.78, 5) is 13.8. The minimum absolute atomic E-state index is 0.0247. The van der Waals surface area contributed by atoms with E-state index in [4.69, 9.17) is 28.1 Å². The molecule has 0 aromatic heterocycles. The first-order valence-corrected chi connectivity index (χ1v) is 21.1. The average molecular weight is 735 g/mol. The number of carbonyl (C=O) groups is 1. The lowest BCUT2D eigenvalue weighted by Gasteiger charge is -2.53. The monoisotopic (exact) mass is 734 g/mol. The van der Waals surface area contributed by atoms with Crippen LogP contribution in [0.5, 0.6) is 0 Å². The van der Waals surface area contributed by atoms with Gasteiger partial charge in [0.15, 0.2) is 5.78 Å². The molecule has 0 aliphatic carbocycles. The van der Waals surface area contributed by atoms with Crippen molar-refractivity contribution >= 4 is 24.5 Å². The number of benzene rings is 4. The third-order valence-electron chi connectivity index (χ3n) is 11.3. The smallest absolute Gasteiger partial charge is 0.261 e. The summed E-state index contributed by atoms with van der Waals surface area (Å²) in [5, 5.41) is 2.15. The fourth-order valence-corrected chi connectivity index (χ4v) is 13.0. The molecule has 3 heterocycles. The highest BCUT2D eigenvalue weighted by molar-refractivity contribution is 6.99. The molecule has 3 aliphatic heterocycles. The SMILES string of the molecule is CC(C)(C)[Si](OC[C@@H]1O[C@@H]2C[C@@H]3O[C@](C)(CCOCc4ccccc4)[C@@H](OCc4ccccc4)C[C@H]3O[C@H]2CC1=O)(c1ccccc1)c1ccccc1. The molecule has 3 saturated heterocycles. The molecule has 0 N–H and O–H groups in total. The summed E-state index contributed by atoms with van der Waals surface area (Å²) in [7, 11) is -2.85. The van der Waals surface area contributed by atoms with Gasteiger partial charge in [-0.05, 0) is 33.5 Å². The van der Waals surface area contributed by atoms with Crippen LogP contribution in [-0.2, 0) is 46.1 Å². The first-order valence-electron chi connectivity index (χ1n) is 19.2. The van der Waals surface area contributed by atoms with Crippen molar-refractivity contribution in [3.05, 3.63) is 132 Å². The van der Waals surface area contributed by atoms with Crippen LogP contribution in [-0.4, -0.2) is 69.5 Å². The van der Waals surface area contributed by atoms with Gasteiger partial charge in [-0.3, -0.25) is 4.79 Å². The van der Waals surface area contributed by atoms with Gasteiger partial charge in [0.25, 0.3) is 8.32 Å². The fraction of sp³-hybridized carbons (Fsp3) is 0.444. The van der Waals surface area contributed by atoms with Crippen LogP contribution in [0.25, 0.3) is 0 Å². The van der Waals surface area contributed by atoms with Crippen molar-refractivity contribution in [3.63, 3.8) is 0 Å². The van der Waals surface area contributed by atoms with Gasteiger partial charge in [0, 0.05) is 32.3 Å². The van der Waals surface area contributed by atoms with Gasteiger partial charge in [0.05, 0.1) is 55.9 Å². The zero-order valence-corrected chi connectivity index (χ0v) is 32.5. The van der Waals surface area contributed by atoms with Gasteiger partial charge in [0.2, 0.25) is 0 Å². The van der Waals surface area contributed by atoms with Crippen LogP contribution >= 0.6 is 0 Å². The molecular formula is C45H54O7Si. The van der Waals surface area contributed by atoms with Crippen molar-refractivity contribution in [2.45, 2.75) is 114 Å². The Hall–Kier alpha value is -3.47. The summed E-state index contributed by atoms with van der Waals surface area (Å²) >= 11 is 0. The van der Waals surface area contributed by atoms with Gasteiger partial charge >= 0.3 is 0 Å². The lowest BCUT2D eigenvalue weighted by molar-refractivity contribution is -0.295. The van der Waals surface area contributed by atoms with E-state index in [0.717, 1.165) is 11.1 Å². The molecule has 0 unspecified atom stereocenters. The van der Waals surface area contributed by atoms with E-state index < -0.39 is 20.0 Å². The summed E-state index contributed by atoms with van der Waals surface area (Å²) in [6.07, 6.45) is 0.388. The number of Topliss-reactive ketones (excluding diaryl/α,β-unsaturated/α-hetero) is 1. The third kappa shape index (κ3) is 8.45. The van der Waals surface area contributed by atoms with E-state index in [2.05, 4.69) is 100 Å². The molecule has 0 radical (unpaired) electrons. The molecule has 0 spiro atoms. The zero-order valence-electron chi connectivity index (χ0n) is 31.5. The van der Waals surface area contributed by atoms with Gasteiger partial charge in [0.1, 0.15) is 6.10 Å². The minimum Gasteiger partial charge on any atom is -0.404 e. The summed E-state index contributed by atoms with van der Waals surface area (Å²) in [5.41, 5.74) is 1.65. The molecule has 7 rings (SSSR count). The van der Waals surface area contributed by atoms with Crippen molar-refractivity contribution in [1.29, 1.82) is 0 Å². The molecule has 7 nitrogen and oxygen atoms in total. The number of hydrogen-bond acceptors (Lipinski definition) is 7. The predicted octanol–water partition coefficient (Wildman–Crippen LogP) is 7.19. The number of ketones is 1. The van der Waals surface area contributed by atoms with Gasteiger partial charge in [-0.25, -0.2) is 0 Å². The number of ether oxygens (including phenoxy) is 5. The topological polar surface area (TPSA) is 72.5 Å². The maximum Gasteiger partial charge on any atom is 0.261 e. The second-order valence-corrected chi connectivity index (χ2v) is 20.3. The second-order valence-electron chi connectivity index (χ2n) is 16.0. The van der Waals surface area contributed by atoms with Crippen molar-refractivity contribution in [2.75, 3.05) is 13.2 Å². The molecule has 3 fully saturated rings. The van der Waals surface area contributed by atoms with Crippen LogP contribution in [0.3, 0.4) is 0 Å². The van der Waals surface area contributed by atoms with E-state index in [-0.39, 0.29) is 47.9 Å². The average Bonchev–Trinajstić information content (AvgIpc) is 3.17. The Morgan fingerprint density at radius 3 is 1.83 bits per heavy atom.